The molecule has 3 rings (SSSR count). The summed E-state index contributed by atoms with van der Waals surface area (Å²) in [5.74, 6) is -0.626. The quantitative estimate of drug-likeness (QED) is 0.133. The molecule has 1 N–H and O–H groups in total. The van der Waals surface area contributed by atoms with Gasteiger partial charge in [-0.3, -0.25) is 18.4 Å². The molecule has 41 heavy (non-hydrogen) atoms. The minimum absolute atomic E-state index is 0.144. The van der Waals surface area contributed by atoms with Crippen LogP contribution in [0.25, 0.3) is 0 Å². The maximum absolute atomic E-state index is 13.7. The topological polar surface area (TPSA) is 119 Å². The predicted molar refractivity (Wildman–Crippen MR) is 152 cm³/mol. The molecule has 1 fully saturated rings. The summed E-state index contributed by atoms with van der Waals surface area (Å²) in [4.78, 5) is 12.3. The second-order valence-corrected chi connectivity index (χ2v) is 11.4. The third-order valence-corrected chi connectivity index (χ3v) is 7.83. The number of rotatable bonds is 18. The van der Waals surface area contributed by atoms with Gasteiger partial charge in [0.1, 0.15) is 18.3 Å². The molecule has 2 aromatic rings. The van der Waals surface area contributed by atoms with Gasteiger partial charge >= 0.3 is 13.8 Å². The lowest BCUT2D eigenvalue weighted by Gasteiger charge is -2.45. The van der Waals surface area contributed by atoms with E-state index in [1.165, 1.54) is 6.92 Å². The normalized spacial score (nSPS) is 22.9. The van der Waals surface area contributed by atoms with Gasteiger partial charge in [-0.15, -0.1) is 0 Å². The molecule has 2 aromatic carbocycles. The smallest absolute Gasteiger partial charge is 0.454 e. The van der Waals surface area contributed by atoms with Gasteiger partial charge in [0.15, 0.2) is 6.10 Å². The van der Waals surface area contributed by atoms with Gasteiger partial charge in [0.2, 0.25) is 6.29 Å². The summed E-state index contributed by atoms with van der Waals surface area (Å²) < 4.78 is 55.0. The predicted octanol–water partition coefficient (Wildman–Crippen LogP) is 5.56. The minimum atomic E-state index is -4.15. The Morgan fingerprint density at radius 2 is 1.34 bits per heavy atom. The van der Waals surface area contributed by atoms with Crippen LogP contribution in [0.4, 0.5) is 0 Å². The van der Waals surface area contributed by atoms with E-state index in [2.05, 4.69) is 0 Å². The highest BCUT2D eigenvalue weighted by atomic mass is 31.2. The number of hydrogen-bond donors (Lipinski definition) is 1. The average Bonchev–Trinajstić information content (AvgIpc) is 2.97. The lowest BCUT2D eigenvalue weighted by molar-refractivity contribution is -0.303. The van der Waals surface area contributed by atoms with E-state index in [1.807, 2.05) is 74.5 Å². The van der Waals surface area contributed by atoms with Crippen LogP contribution in [0.3, 0.4) is 0 Å². The summed E-state index contributed by atoms with van der Waals surface area (Å²) in [6, 6.07) is 19.0. The maximum atomic E-state index is 13.7. The van der Waals surface area contributed by atoms with E-state index in [1.54, 1.807) is 0 Å². The molecule has 1 heterocycles. The van der Waals surface area contributed by atoms with Crippen molar-refractivity contribution in [1.29, 1.82) is 0 Å². The molecule has 0 amide bonds. The van der Waals surface area contributed by atoms with E-state index in [4.69, 9.17) is 32.5 Å². The van der Waals surface area contributed by atoms with Crippen LogP contribution in [0.15, 0.2) is 60.7 Å². The molecule has 1 aliphatic heterocycles. The lowest BCUT2D eigenvalue weighted by Crippen LogP contribution is -2.61. The Labute approximate surface area is 242 Å². The monoisotopic (exact) mass is 594 g/mol. The third-order valence-electron chi connectivity index (χ3n) is 6.37. The second kappa shape index (κ2) is 17.7. The summed E-state index contributed by atoms with van der Waals surface area (Å²) in [7, 11) is -4.15. The van der Waals surface area contributed by atoms with Crippen LogP contribution in [-0.4, -0.2) is 61.6 Å². The van der Waals surface area contributed by atoms with Gasteiger partial charge in [0, 0.05) is 6.92 Å². The van der Waals surface area contributed by atoms with E-state index < -0.39 is 51.1 Å². The molecule has 0 bridgehead atoms. The van der Waals surface area contributed by atoms with Crippen LogP contribution in [-0.2, 0) is 55.1 Å². The first-order valence-corrected chi connectivity index (χ1v) is 15.7. The summed E-state index contributed by atoms with van der Waals surface area (Å²) in [6.45, 7) is 5.36. The largest absolute Gasteiger partial charge is 0.477 e. The Morgan fingerprint density at radius 1 is 0.829 bits per heavy atom. The van der Waals surface area contributed by atoms with E-state index in [9.17, 15) is 14.5 Å². The van der Waals surface area contributed by atoms with Crippen molar-refractivity contribution in [3.05, 3.63) is 71.8 Å². The van der Waals surface area contributed by atoms with E-state index in [0.717, 1.165) is 24.0 Å². The van der Waals surface area contributed by atoms with Gasteiger partial charge < -0.3 is 24.1 Å². The highest BCUT2D eigenvalue weighted by Crippen LogP contribution is 2.52. The highest BCUT2D eigenvalue weighted by molar-refractivity contribution is 7.48. The average molecular weight is 595 g/mol. The summed E-state index contributed by atoms with van der Waals surface area (Å²) in [5.41, 5.74) is 1.77. The SMILES string of the molecule is CCCCOP(=O)(OCCCC)O[C@H]1O[C@H](CO)[C@@H](OCc2ccccc2)[C@H](OCc2ccccc2)[C@@H]1OC(C)=O. The fourth-order valence-corrected chi connectivity index (χ4v) is 5.54. The highest BCUT2D eigenvalue weighted by Gasteiger charge is 2.52. The van der Waals surface area contributed by atoms with Crippen molar-refractivity contribution in [2.45, 2.75) is 90.4 Å². The number of aliphatic hydroxyl groups excluding tert-OH is 1. The zero-order valence-electron chi connectivity index (χ0n) is 24.1. The van der Waals surface area contributed by atoms with Crippen molar-refractivity contribution in [2.24, 2.45) is 0 Å². The van der Waals surface area contributed by atoms with Gasteiger partial charge in [0.05, 0.1) is 33.0 Å². The van der Waals surface area contributed by atoms with Crippen molar-refractivity contribution in [3.63, 3.8) is 0 Å². The molecule has 1 aliphatic rings. The Hall–Kier alpha value is -2.14. The Balaban J connectivity index is 1.91. The molecule has 0 unspecified atom stereocenters. The van der Waals surface area contributed by atoms with Crippen LogP contribution >= 0.6 is 7.82 Å². The van der Waals surface area contributed by atoms with Crippen molar-refractivity contribution in [1.82, 2.24) is 0 Å². The molecule has 228 valence electrons. The van der Waals surface area contributed by atoms with E-state index in [-0.39, 0.29) is 26.4 Å². The molecular weight excluding hydrogens is 551 g/mol. The lowest BCUT2D eigenvalue weighted by atomic mass is 9.98. The Morgan fingerprint density at radius 3 is 1.80 bits per heavy atom. The number of benzene rings is 2. The van der Waals surface area contributed by atoms with Gasteiger partial charge in [-0.05, 0) is 24.0 Å². The van der Waals surface area contributed by atoms with E-state index >= 15 is 0 Å². The first-order chi connectivity index (χ1) is 19.9. The molecule has 1 saturated heterocycles. The first-order valence-electron chi connectivity index (χ1n) is 14.2. The zero-order valence-corrected chi connectivity index (χ0v) is 25.0. The van der Waals surface area contributed by atoms with Crippen molar-refractivity contribution < 1.29 is 47.0 Å². The summed E-state index contributed by atoms with van der Waals surface area (Å²) >= 11 is 0. The number of hydrogen-bond acceptors (Lipinski definition) is 10. The summed E-state index contributed by atoms with van der Waals surface area (Å²) in [5, 5.41) is 10.3. The van der Waals surface area contributed by atoms with Crippen LogP contribution in [0.2, 0.25) is 0 Å². The van der Waals surface area contributed by atoms with Crippen molar-refractivity contribution in [2.75, 3.05) is 19.8 Å². The molecule has 0 aliphatic carbocycles. The first kappa shape index (κ1) is 33.4. The van der Waals surface area contributed by atoms with Gasteiger partial charge in [0.25, 0.3) is 0 Å². The standard InChI is InChI=1S/C30H43O10P/c1-4-6-18-36-41(33,37-19-7-5-2)40-30-29(38-23(3)32)28(35-22-25-16-12-9-13-17-25)27(26(20-31)39-30)34-21-24-14-10-8-11-15-24/h8-17,26-31H,4-7,18-22H2,1-3H3/t26-,27-,28+,29+,30-/m1/s1. The fraction of sp³-hybridized carbons (Fsp3) is 0.567. The molecule has 11 heteroatoms. The zero-order chi connectivity index (χ0) is 29.5. The number of ether oxygens (including phenoxy) is 4. The van der Waals surface area contributed by atoms with Crippen LogP contribution in [0.5, 0.6) is 0 Å². The Kier molecular flexibility index (Phi) is 14.4. The number of esters is 1. The number of unbranched alkanes of at least 4 members (excludes halogenated alkanes) is 2. The number of carbonyl (C=O) groups is 1. The molecule has 0 spiro atoms. The summed E-state index contributed by atoms with van der Waals surface area (Å²) in [6.07, 6.45) is -2.52. The van der Waals surface area contributed by atoms with E-state index in [0.29, 0.717) is 12.8 Å². The third kappa shape index (κ3) is 10.9. The maximum Gasteiger partial charge on any atom is 0.477 e. The number of aliphatic hydroxyl groups is 1. The molecular formula is C30H43O10P. The molecule has 0 aromatic heterocycles. The second-order valence-electron chi connectivity index (χ2n) is 9.75. The number of carbonyl (C=O) groups excluding carboxylic acids is 1. The van der Waals surface area contributed by atoms with Crippen LogP contribution < -0.4 is 0 Å². The van der Waals surface area contributed by atoms with Crippen molar-refractivity contribution in [3.8, 4) is 0 Å². The molecule has 0 saturated carbocycles. The molecule has 0 radical (unpaired) electrons. The van der Waals surface area contributed by atoms with Crippen LogP contribution in [0.1, 0.15) is 57.6 Å². The van der Waals surface area contributed by atoms with Crippen molar-refractivity contribution >= 4 is 13.8 Å². The van der Waals surface area contributed by atoms with Gasteiger partial charge in [-0.2, -0.15) is 0 Å². The van der Waals surface area contributed by atoms with Crippen LogP contribution in [0, 0.1) is 0 Å². The molecule has 5 atom stereocenters. The molecule has 10 nitrogen and oxygen atoms in total. The Bertz CT molecular complexity index is 1040. The fourth-order valence-electron chi connectivity index (χ4n) is 4.22. The number of phosphoric acid groups is 1. The van der Waals surface area contributed by atoms with Gasteiger partial charge in [-0.25, -0.2) is 4.57 Å². The minimum Gasteiger partial charge on any atom is -0.454 e. The number of phosphoric ester groups is 1. The van der Waals surface area contributed by atoms with Gasteiger partial charge in [-0.1, -0.05) is 87.4 Å².